The SMILES string of the molecule is CNC(C)c1cccc(S(=O)(=O)N2CCCN(C)CC2)c1. The second-order valence-electron chi connectivity index (χ2n) is 5.64. The molecular formula is C15H25N3O2S. The quantitative estimate of drug-likeness (QED) is 0.910. The molecule has 2 rings (SSSR count). The standard InChI is InChI=1S/C15H25N3O2S/c1-13(16-2)14-6-4-7-15(12-14)21(19,20)18-9-5-8-17(3)10-11-18/h4,6-7,12-13,16H,5,8-11H2,1-3H3. The molecule has 6 heteroatoms. The molecule has 0 bridgehead atoms. The van der Waals surface area contributed by atoms with Crippen LogP contribution < -0.4 is 5.32 Å². The zero-order valence-electron chi connectivity index (χ0n) is 13.0. The van der Waals surface area contributed by atoms with Crippen LogP contribution in [0, 0.1) is 0 Å². The molecule has 1 aromatic rings. The van der Waals surface area contributed by atoms with Crippen molar-refractivity contribution in [3.05, 3.63) is 29.8 Å². The Morgan fingerprint density at radius 2 is 1.95 bits per heavy atom. The molecule has 1 unspecified atom stereocenters. The van der Waals surface area contributed by atoms with Gasteiger partial charge in [-0.3, -0.25) is 0 Å². The molecule has 5 nitrogen and oxygen atoms in total. The van der Waals surface area contributed by atoms with Gasteiger partial charge in [-0.2, -0.15) is 4.31 Å². The number of sulfonamides is 1. The van der Waals surface area contributed by atoms with E-state index in [0.717, 1.165) is 25.1 Å². The van der Waals surface area contributed by atoms with E-state index in [9.17, 15) is 8.42 Å². The number of likely N-dealkylation sites (N-methyl/N-ethyl adjacent to an activating group) is 1. The number of benzene rings is 1. The van der Waals surface area contributed by atoms with E-state index in [1.807, 2.05) is 33.2 Å². The lowest BCUT2D eigenvalue weighted by molar-refractivity contribution is 0.347. The summed E-state index contributed by atoms with van der Waals surface area (Å²) >= 11 is 0. The molecule has 0 spiro atoms. The Morgan fingerprint density at radius 3 is 2.67 bits per heavy atom. The third-order valence-electron chi connectivity index (χ3n) is 4.11. The lowest BCUT2D eigenvalue weighted by atomic mass is 10.1. The first-order valence-electron chi connectivity index (χ1n) is 7.41. The average Bonchev–Trinajstić information content (AvgIpc) is 2.71. The van der Waals surface area contributed by atoms with Crippen molar-refractivity contribution in [2.24, 2.45) is 0 Å². The van der Waals surface area contributed by atoms with Crippen LogP contribution in [0.1, 0.15) is 24.9 Å². The van der Waals surface area contributed by atoms with E-state index >= 15 is 0 Å². The van der Waals surface area contributed by atoms with E-state index in [1.54, 1.807) is 16.4 Å². The average molecular weight is 311 g/mol. The summed E-state index contributed by atoms with van der Waals surface area (Å²) in [6, 6.07) is 7.38. The van der Waals surface area contributed by atoms with Crippen LogP contribution in [0.3, 0.4) is 0 Å². The maximum absolute atomic E-state index is 12.8. The monoisotopic (exact) mass is 311 g/mol. The van der Waals surface area contributed by atoms with Crippen LogP contribution in [0.5, 0.6) is 0 Å². The molecule has 1 fully saturated rings. The normalized spacial score (nSPS) is 20.1. The summed E-state index contributed by atoms with van der Waals surface area (Å²) in [6.07, 6.45) is 0.877. The second kappa shape index (κ2) is 6.87. The van der Waals surface area contributed by atoms with E-state index in [-0.39, 0.29) is 6.04 Å². The molecule has 1 aromatic carbocycles. The molecule has 0 aromatic heterocycles. The number of nitrogens with zero attached hydrogens (tertiary/aromatic N) is 2. The van der Waals surface area contributed by atoms with Crippen molar-refractivity contribution in [1.82, 2.24) is 14.5 Å². The Labute approximate surface area is 128 Å². The van der Waals surface area contributed by atoms with Crippen LogP contribution in [0.4, 0.5) is 0 Å². The summed E-state index contributed by atoms with van der Waals surface area (Å²) < 4.78 is 27.2. The number of nitrogens with one attached hydrogen (secondary N) is 1. The molecule has 21 heavy (non-hydrogen) atoms. The van der Waals surface area contributed by atoms with E-state index in [1.165, 1.54) is 0 Å². The predicted molar refractivity (Wildman–Crippen MR) is 84.8 cm³/mol. The maximum Gasteiger partial charge on any atom is 0.243 e. The van der Waals surface area contributed by atoms with E-state index in [4.69, 9.17) is 0 Å². The smallest absolute Gasteiger partial charge is 0.243 e. The third-order valence-corrected chi connectivity index (χ3v) is 6.00. The molecule has 0 amide bonds. The van der Waals surface area contributed by atoms with Gasteiger partial charge >= 0.3 is 0 Å². The van der Waals surface area contributed by atoms with E-state index in [0.29, 0.717) is 18.0 Å². The van der Waals surface area contributed by atoms with Gasteiger partial charge in [-0.25, -0.2) is 8.42 Å². The van der Waals surface area contributed by atoms with Crippen molar-refractivity contribution >= 4 is 10.0 Å². The van der Waals surface area contributed by atoms with Gasteiger partial charge in [0.25, 0.3) is 0 Å². The fraction of sp³-hybridized carbons (Fsp3) is 0.600. The van der Waals surface area contributed by atoms with Gasteiger partial charge < -0.3 is 10.2 Å². The van der Waals surface area contributed by atoms with Crippen LogP contribution in [-0.2, 0) is 10.0 Å². The molecule has 0 saturated carbocycles. The number of hydrogen-bond acceptors (Lipinski definition) is 4. The summed E-state index contributed by atoms with van der Waals surface area (Å²) in [5.74, 6) is 0. The predicted octanol–water partition coefficient (Wildman–Crippen LogP) is 1.29. The summed E-state index contributed by atoms with van der Waals surface area (Å²) in [5, 5.41) is 3.14. The van der Waals surface area contributed by atoms with Gasteiger partial charge in [-0.05, 0) is 51.7 Å². The molecule has 118 valence electrons. The third kappa shape index (κ3) is 3.83. The summed E-state index contributed by atoms with van der Waals surface area (Å²) in [6.45, 7) is 4.91. The van der Waals surface area contributed by atoms with Crippen molar-refractivity contribution in [3.63, 3.8) is 0 Å². The highest BCUT2D eigenvalue weighted by molar-refractivity contribution is 7.89. The minimum absolute atomic E-state index is 0.135. The van der Waals surface area contributed by atoms with Gasteiger partial charge in [0, 0.05) is 25.7 Å². The first-order valence-corrected chi connectivity index (χ1v) is 8.85. The highest BCUT2D eigenvalue weighted by Gasteiger charge is 2.26. The van der Waals surface area contributed by atoms with Gasteiger partial charge in [0.05, 0.1) is 4.90 Å². The Hall–Kier alpha value is -0.950. The second-order valence-corrected chi connectivity index (χ2v) is 7.58. The van der Waals surface area contributed by atoms with Crippen molar-refractivity contribution in [3.8, 4) is 0 Å². The van der Waals surface area contributed by atoms with Crippen molar-refractivity contribution in [2.45, 2.75) is 24.3 Å². The lowest BCUT2D eigenvalue weighted by Crippen LogP contribution is -2.34. The van der Waals surface area contributed by atoms with Crippen LogP contribution in [0.15, 0.2) is 29.2 Å². The topological polar surface area (TPSA) is 52.7 Å². The molecule has 1 atom stereocenters. The van der Waals surface area contributed by atoms with Gasteiger partial charge in [0.1, 0.15) is 0 Å². The molecular weight excluding hydrogens is 286 g/mol. The van der Waals surface area contributed by atoms with E-state index < -0.39 is 10.0 Å². The Balaban J connectivity index is 2.26. The van der Waals surface area contributed by atoms with Gasteiger partial charge in [-0.1, -0.05) is 12.1 Å². The van der Waals surface area contributed by atoms with Crippen molar-refractivity contribution < 1.29 is 8.42 Å². The lowest BCUT2D eigenvalue weighted by Gasteiger charge is -2.21. The summed E-state index contributed by atoms with van der Waals surface area (Å²) in [5.41, 5.74) is 0.991. The summed E-state index contributed by atoms with van der Waals surface area (Å²) in [4.78, 5) is 2.57. The Morgan fingerprint density at radius 1 is 1.19 bits per heavy atom. The number of rotatable bonds is 4. The highest BCUT2D eigenvalue weighted by atomic mass is 32.2. The fourth-order valence-electron chi connectivity index (χ4n) is 2.52. The van der Waals surface area contributed by atoms with Crippen LogP contribution >= 0.6 is 0 Å². The van der Waals surface area contributed by atoms with Gasteiger partial charge in [0.2, 0.25) is 10.0 Å². The molecule has 1 aliphatic rings. The van der Waals surface area contributed by atoms with Crippen LogP contribution in [0.25, 0.3) is 0 Å². The molecule has 0 radical (unpaired) electrons. The molecule has 1 heterocycles. The minimum atomic E-state index is -3.39. The Bertz CT molecular complexity index is 574. The van der Waals surface area contributed by atoms with Gasteiger partial charge in [-0.15, -0.1) is 0 Å². The molecule has 0 aliphatic carbocycles. The van der Waals surface area contributed by atoms with Gasteiger partial charge in [0.15, 0.2) is 0 Å². The minimum Gasteiger partial charge on any atom is -0.313 e. The first-order chi connectivity index (χ1) is 9.95. The summed E-state index contributed by atoms with van der Waals surface area (Å²) in [7, 11) is 0.510. The van der Waals surface area contributed by atoms with Crippen LogP contribution in [-0.4, -0.2) is 57.9 Å². The molecule has 1 aliphatic heterocycles. The molecule has 1 saturated heterocycles. The van der Waals surface area contributed by atoms with E-state index in [2.05, 4.69) is 10.2 Å². The number of hydrogen-bond donors (Lipinski definition) is 1. The maximum atomic E-state index is 12.8. The zero-order chi connectivity index (χ0) is 15.5. The molecule has 1 N–H and O–H groups in total. The largest absolute Gasteiger partial charge is 0.313 e. The van der Waals surface area contributed by atoms with Crippen molar-refractivity contribution in [1.29, 1.82) is 0 Å². The van der Waals surface area contributed by atoms with Crippen LogP contribution in [0.2, 0.25) is 0 Å². The first kappa shape index (κ1) is 16.4. The zero-order valence-corrected chi connectivity index (χ0v) is 13.9. The Kier molecular flexibility index (Phi) is 5.37. The fourth-order valence-corrected chi connectivity index (χ4v) is 4.05. The van der Waals surface area contributed by atoms with Crippen molar-refractivity contribution in [2.75, 3.05) is 40.3 Å². The highest BCUT2D eigenvalue weighted by Crippen LogP contribution is 2.21.